The van der Waals surface area contributed by atoms with Crippen LogP contribution >= 0.6 is 15.9 Å². The minimum Gasteiger partial charge on any atom is -0.319 e. The Labute approximate surface area is 102 Å². The van der Waals surface area contributed by atoms with Gasteiger partial charge in [0, 0.05) is 25.4 Å². The van der Waals surface area contributed by atoms with E-state index in [0.717, 1.165) is 21.4 Å². The standard InChI is InChI=1S/C10H14BrN5/c1-6-7(4-13-15(6)2)9(12)10-8(11)5-14-16(10)3/h4-5,9H,12H2,1-3H3. The summed E-state index contributed by atoms with van der Waals surface area (Å²) in [6.45, 7) is 2.01. The molecule has 0 aliphatic carbocycles. The summed E-state index contributed by atoms with van der Waals surface area (Å²) < 4.78 is 4.52. The van der Waals surface area contributed by atoms with Crippen LogP contribution in [-0.2, 0) is 14.1 Å². The molecule has 16 heavy (non-hydrogen) atoms. The fourth-order valence-electron chi connectivity index (χ4n) is 1.74. The Bertz CT molecular complexity index is 494. The van der Waals surface area contributed by atoms with Gasteiger partial charge in [0.1, 0.15) is 0 Å². The molecule has 2 aromatic rings. The maximum Gasteiger partial charge on any atom is 0.0768 e. The van der Waals surface area contributed by atoms with Crippen LogP contribution in [0.25, 0.3) is 0 Å². The molecule has 0 aliphatic rings. The SMILES string of the molecule is Cc1c(C(N)c2c(Br)cnn2C)cnn1C. The van der Waals surface area contributed by atoms with Gasteiger partial charge in [0.2, 0.25) is 0 Å². The van der Waals surface area contributed by atoms with E-state index >= 15 is 0 Å². The first-order chi connectivity index (χ1) is 7.52. The van der Waals surface area contributed by atoms with Crippen LogP contribution in [0.1, 0.15) is 23.0 Å². The number of rotatable bonds is 2. The van der Waals surface area contributed by atoms with Gasteiger partial charge in [0.15, 0.2) is 0 Å². The highest BCUT2D eigenvalue weighted by molar-refractivity contribution is 9.10. The van der Waals surface area contributed by atoms with Gasteiger partial charge >= 0.3 is 0 Å². The molecule has 1 unspecified atom stereocenters. The van der Waals surface area contributed by atoms with Crippen LogP contribution in [0.4, 0.5) is 0 Å². The third-order valence-corrected chi connectivity index (χ3v) is 3.45. The van der Waals surface area contributed by atoms with Crippen LogP contribution in [0.15, 0.2) is 16.9 Å². The second kappa shape index (κ2) is 4.03. The van der Waals surface area contributed by atoms with Crippen molar-refractivity contribution in [2.75, 3.05) is 0 Å². The molecule has 0 saturated heterocycles. The van der Waals surface area contributed by atoms with Crippen molar-refractivity contribution in [2.24, 2.45) is 19.8 Å². The molecule has 5 nitrogen and oxygen atoms in total. The maximum absolute atomic E-state index is 6.23. The summed E-state index contributed by atoms with van der Waals surface area (Å²) >= 11 is 3.46. The number of nitrogens with two attached hydrogens (primary N) is 1. The van der Waals surface area contributed by atoms with Gasteiger partial charge in [0.25, 0.3) is 0 Å². The van der Waals surface area contributed by atoms with E-state index in [1.165, 1.54) is 0 Å². The topological polar surface area (TPSA) is 61.7 Å². The third kappa shape index (κ3) is 1.68. The van der Waals surface area contributed by atoms with Crippen LogP contribution in [0, 0.1) is 6.92 Å². The van der Waals surface area contributed by atoms with Crippen molar-refractivity contribution in [1.29, 1.82) is 0 Å². The summed E-state index contributed by atoms with van der Waals surface area (Å²) in [6, 6.07) is -0.212. The molecule has 0 saturated carbocycles. The molecule has 1 atom stereocenters. The Morgan fingerprint density at radius 3 is 2.31 bits per heavy atom. The predicted molar refractivity (Wildman–Crippen MR) is 64.9 cm³/mol. The van der Waals surface area contributed by atoms with Crippen LogP contribution in [-0.4, -0.2) is 19.6 Å². The molecule has 2 rings (SSSR count). The van der Waals surface area contributed by atoms with E-state index in [-0.39, 0.29) is 6.04 Å². The minimum atomic E-state index is -0.212. The molecule has 0 spiro atoms. The average molecular weight is 284 g/mol. The van der Waals surface area contributed by atoms with E-state index in [9.17, 15) is 0 Å². The van der Waals surface area contributed by atoms with Crippen LogP contribution < -0.4 is 5.73 Å². The van der Waals surface area contributed by atoms with Gasteiger partial charge < -0.3 is 5.73 Å². The number of halogens is 1. The third-order valence-electron chi connectivity index (χ3n) is 2.84. The highest BCUT2D eigenvalue weighted by Crippen LogP contribution is 2.27. The van der Waals surface area contributed by atoms with Crippen molar-refractivity contribution >= 4 is 15.9 Å². The minimum absolute atomic E-state index is 0.212. The zero-order valence-corrected chi connectivity index (χ0v) is 11.1. The summed E-state index contributed by atoms with van der Waals surface area (Å²) in [5.74, 6) is 0. The zero-order chi connectivity index (χ0) is 11.9. The molecule has 0 bridgehead atoms. The van der Waals surface area contributed by atoms with Gasteiger partial charge in [-0.05, 0) is 22.9 Å². The van der Waals surface area contributed by atoms with E-state index in [1.54, 1.807) is 17.1 Å². The fourth-order valence-corrected chi connectivity index (χ4v) is 2.33. The summed E-state index contributed by atoms with van der Waals surface area (Å²) in [5.41, 5.74) is 9.28. The number of hydrogen-bond donors (Lipinski definition) is 1. The van der Waals surface area contributed by atoms with Crippen molar-refractivity contribution in [2.45, 2.75) is 13.0 Å². The van der Waals surface area contributed by atoms with E-state index < -0.39 is 0 Å². The molecule has 2 heterocycles. The first-order valence-electron chi connectivity index (χ1n) is 4.94. The normalized spacial score (nSPS) is 13.1. The average Bonchev–Trinajstić information content (AvgIpc) is 2.73. The van der Waals surface area contributed by atoms with Crippen molar-refractivity contribution < 1.29 is 0 Å². The van der Waals surface area contributed by atoms with Crippen molar-refractivity contribution in [1.82, 2.24) is 19.6 Å². The highest BCUT2D eigenvalue weighted by Gasteiger charge is 2.20. The highest BCUT2D eigenvalue weighted by atomic mass is 79.9. The van der Waals surface area contributed by atoms with Crippen LogP contribution in [0.5, 0.6) is 0 Å². The first-order valence-corrected chi connectivity index (χ1v) is 5.73. The molecule has 0 aromatic carbocycles. The quantitative estimate of drug-likeness (QED) is 0.903. The first kappa shape index (κ1) is 11.3. The predicted octanol–water partition coefficient (Wildman–Crippen LogP) is 1.27. The maximum atomic E-state index is 6.23. The van der Waals surface area contributed by atoms with Gasteiger partial charge in [-0.3, -0.25) is 9.36 Å². The number of aromatic nitrogens is 4. The molecule has 0 fully saturated rings. The lowest BCUT2D eigenvalue weighted by molar-refractivity contribution is 0.666. The second-order valence-corrected chi connectivity index (χ2v) is 4.64. The lowest BCUT2D eigenvalue weighted by Crippen LogP contribution is -2.17. The van der Waals surface area contributed by atoms with Crippen LogP contribution in [0.2, 0.25) is 0 Å². The Balaban J connectivity index is 2.47. The van der Waals surface area contributed by atoms with Gasteiger partial charge in [-0.15, -0.1) is 0 Å². The zero-order valence-electron chi connectivity index (χ0n) is 9.48. The molecule has 0 amide bonds. The summed E-state index contributed by atoms with van der Waals surface area (Å²) in [4.78, 5) is 0. The Kier molecular flexibility index (Phi) is 2.86. The molecule has 6 heteroatoms. The van der Waals surface area contributed by atoms with Crippen LogP contribution in [0.3, 0.4) is 0 Å². The Hall–Kier alpha value is -1.14. The number of aryl methyl sites for hydroxylation is 2. The lowest BCUT2D eigenvalue weighted by atomic mass is 10.1. The molecular weight excluding hydrogens is 270 g/mol. The monoisotopic (exact) mass is 283 g/mol. The number of nitrogens with zero attached hydrogens (tertiary/aromatic N) is 4. The summed E-state index contributed by atoms with van der Waals surface area (Å²) in [5, 5.41) is 8.36. The molecule has 0 aliphatic heterocycles. The molecular formula is C10H14BrN5. The Morgan fingerprint density at radius 1 is 1.25 bits per heavy atom. The molecule has 0 radical (unpaired) electrons. The van der Waals surface area contributed by atoms with Crippen molar-refractivity contribution in [3.63, 3.8) is 0 Å². The largest absolute Gasteiger partial charge is 0.319 e. The smallest absolute Gasteiger partial charge is 0.0768 e. The number of hydrogen-bond acceptors (Lipinski definition) is 3. The molecule has 2 aromatic heterocycles. The fraction of sp³-hybridized carbons (Fsp3) is 0.400. The van der Waals surface area contributed by atoms with Crippen molar-refractivity contribution in [3.8, 4) is 0 Å². The van der Waals surface area contributed by atoms with E-state index in [0.29, 0.717) is 0 Å². The van der Waals surface area contributed by atoms with Gasteiger partial charge in [0.05, 0.1) is 28.6 Å². The van der Waals surface area contributed by atoms with Gasteiger partial charge in [-0.25, -0.2) is 0 Å². The molecule has 86 valence electrons. The van der Waals surface area contributed by atoms with E-state index in [1.807, 2.05) is 25.7 Å². The Morgan fingerprint density at radius 2 is 1.88 bits per heavy atom. The van der Waals surface area contributed by atoms with Crippen molar-refractivity contribution in [3.05, 3.63) is 33.8 Å². The summed E-state index contributed by atoms with van der Waals surface area (Å²) in [6.07, 6.45) is 3.56. The summed E-state index contributed by atoms with van der Waals surface area (Å²) in [7, 11) is 3.79. The lowest BCUT2D eigenvalue weighted by Gasteiger charge is -2.12. The van der Waals surface area contributed by atoms with Gasteiger partial charge in [-0.2, -0.15) is 10.2 Å². The van der Waals surface area contributed by atoms with E-state index in [2.05, 4.69) is 26.1 Å². The second-order valence-electron chi connectivity index (χ2n) is 3.79. The van der Waals surface area contributed by atoms with E-state index in [4.69, 9.17) is 5.73 Å². The van der Waals surface area contributed by atoms with Gasteiger partial charge in [-0.1, -0.05) is 0 Å². The molecule has 2 N–H and O–H groups in total.